The molecule has 1 amide bonds. The second-order valence-electron chi connectivity index (χ2n) is 5.53. The maximum absolute atomic E-state index is 12.8. The molecule has 0 aliphatic rings. The summed E-state index contributed by atoms with van der Waals surface area (Å²) in [5, 5.41) is 3.38. The van der Waals surface area contributed by atoms with Crippen LogP contribution in [0.15, 0.2) is 47.4 Å². The van der Waals surface area contributed by atoms with E-state index in [9.17, 15) is 13.2 Å². The third kappa shape index (κ3) is 5.59. The van der Waals surface area contributed by atoms with E-state index in [0.717, 1.165) is 0 Å². The fourth-order valence-corrected chi connectivity index (χ4v) is 4.45. The number of hydrogen-bond donors (Lipinski definition) is 1. The first-order valence-electron chi connectivity index (χ1n) is 8.25. The number of carbonyl (C=O) groups is 1. The van der Waals surface area contributed by atoms with Crippen molar-refractivity contribution in [2.24, 2.45) is 0 Å². The van der Waals surface area contributed by atoms with Gasteiger partial charge < -0.3 is 10.1 Å². The van der Waals surface area contributed by atoms with E-state index in [1.807, 2.05) is 0 Å². The average molecular weight is 431 g/mol. The molecular weight excluding hydrogens is 411 g/mol. The van der Waals surface area contributed by atoms with E-state index in [2.05, 4.69) is 5.32 Å². The average Bonchev–Trinajstić information content (AvgIpc) is 2.61. The molecule has 0 spiro atoms. The summed E-state index contributed by atoms with van der Waals surface area (Å²) in [5.41, 5.74) is 0.517. The second-order valence-corrected chi connectivity index (χ2v) is 8.31. The Kier molecular flexibility index (Phi) is 7.49. The Morgan fingerprint density at radius 2 is 1.74 bits per heavy atom. The van der Waals surface area contributed by atoms with Gasteiger partial charge in [-0.1, -0.05) is 43.1 Å². The van der Waals surface area contributed by atoms with Crippen molar-refractivity contribution < 1.29 is 17.9 Å². The molecule has 2 aromatic carbocycles. The standard InChI is InChI=1S/C18H20Cl2N2O4S/c1-3-22(4-2)27(24,25)17-11-14(20)8-9-16(17)26-12-18(23)21-15-7-5-6-13(19)10-15/h5-11H,3-4,12H2,1-2H3,(H,21,23). The minimum atomic E-state index is -3.79. The predicted molar refractivity (Wildman–Crippen MR) is 107 cm³/mol. The van der Waals surface area contributed by atoms with Crippen LogP contribution in [0, 0.1) is 0 Å². The van der Waals surface area contributed by atoms with E-state index >= 15 is 0 Å². The van der Waals surface area contributed by atoms with Gasteiger partial charge >= 0.3 is 0 Å². The van der Waals surface area contributed by atoms with Crippen molar-refractivity contribution in [2.75, 3.05) is 25.0 Å². The van der Waals surface area contributed by atoms with Crippen molar-refractivity contribution in [3.63, 3.8) is 0 Å². The smallest absolute Gasteiger partial charge is 0.262 e. The molecule has 0 atom stereocenters. The minimum Gasteiger partial charge on any atom is -0.482 e. The lowest BCUT2D eigenvalue weighted by Crippen LogP contribution is -2.31. The van der Waals surface area contributed by atoms with Crippen LogP contribution in [-0.4, -0.2) is 38.3 Å². The van der Waals surface area contributed by atoms with Gasteiger partial charge in [0.25, 0.3) is 5.91 Å². The van der Waals surface area contributed by atoms with Gasteiger partial charge in [-0.15, -0.1) is 0 Å². The van der Waals surface area contributed by atoms with Gasteiger partial charge in [-0.3, -0.25) is 4.79 Å². The van der Waals surface area contributed by atoms with E-state index in [1.165, 1.54) is 22.5 Å². The molecule has 0 aromatic heterocycles. The van der Waals surface area contributed by atoms with E-state index in [0.29, 0.717) is 23.8 Å². The fraction of sp³-hybridized carbons (Fsp3) is 0.278. The van der Waals surface area contributed by atoms with E-state index < -0.39 is 15.9 Å². The number of anilines is 1. The number of carbonyl (C=O) groups excluding carboxylic acids is 1. The predicted octanol–water partition coefficient (Wildman–Crippen LogP) is 4.04. The quantitative estimate of drug-likeness (QED) is 0.685. The molecular formula is C18H20Cl2N2O4S. The number of hydrogen-bond acceptors (Lipinski definition) is 4. The van der Waals surface area contributed by atoms with Crippen molar-refractivity contribution in [2.45, 2.75) is 18.7 Å². The van der Waals surface area contributed by atoms with Crippen LogP contribution in [0.4, 0.5) is 5.69 Å². The SMILES string of the molecule is CCN(CC)S(=O)(=O)c1cc(Cl)ccc1OCC(=O)Nc1cccc(Cl)c1. The van der Waals surface area contributed by atoms with Gasteiger partial charge in [0.05, 0.1) is 0 Å². The normalized spacial score (nSPS) is 11.4. The Morgan fingerprint density at radius 1 is 1.07 bits per heavy atom. The number of nitrogens with zero attached hydrogens (tertiary/aromatic N) is 1. The van der Waals surface area contributed by atoms with Crippen LogP contribution in [0.2, 0.25) is 10.0 Å². The molecule has 6 nitrogen and oxygen atoms in total. The summed E-state index contributed by atoms with van der Waals surface area (Å²) in [7, 11) is -3.79. The summed E-state index contributed by atoms with van der Waals surface area (Å²) < 4.78 is 32.4. The lowest BCUT2D eigenvalue weighted by Gasteiger charge is -2.20. The largest absolute Gasteiger partial charge is 0.482 e. The Labute approximate surface area is 169 Å². The van der Waals surface area contributed by atoms with Crippen LogP contribution in [0.5, 0.6) is 5.75 Å². The van der Waals surface area contributed by atoms with Crippen LogP contribution in [0.25, 0.3) is 0 Å². The van der Waals surface area contributed by atoms with Crippen molar-refractivity contribution in [3.05, 3.63) is 52.5 Å². The Morgan fingerprint density at radius 3 is 2.37 bits per heavy atom. The third-order valence-corrected chi connectivity index (χ3v) is 6.24. The second kappa shape index (κ2) is 9.41. The fourth-order valence-electron chi connectivity index (χ4n) is 2.41. The number of amides is 1. The van der Waals surface area contributed by atoms with Crippen LogP contribution in [-0.2, 0) is 14.8 Å². The van der Waals surface area contributed by atoms with Crippen LogP contribution in [0.1, 0.15) is 13.8 Å². The van der Waals surface area contributed by atoms with E-state index in [4.69, 9.17) is 27.9 Å². The van der Waals surface area contributed by atoms with Gasteiger partial charge in [-0.2, -0.15) is 4.31 Å². The molecule has 27 heavy (non-hydrogen) atoms. The summed E-state index contributed by atoms with van der Waals surface area (Å²) in [6, 6.07) is 10.9. The molecule has 0 saturated carbocycles. The molecule has 0 heterocycles. The summed E-state index contributed by atoms with van der Waals surface area (Å²) in [5.74, 6) is -0.383. The molecule has 0 fully saturated rings. The number of sulfonamides is 1. The maximum Gasteiger partial charge on any atom is 0.262 e. The van der Waals surface area contributed by atoms with Crippen molar-refractivity contribution in [3.8, 4) is 5.75 Å². The molecule has 0 radical (unpaired) electrons. The zero-order valence-corrected chi connectivity index (χ0v) is 17.2. The first-order chi connectivity index (χ1) is 12.8. The van der Waals surface area contributed by atoms with Gasteiger partial charge in [0.15, 0.2) is 6.61 Å². The molecule has 0 aliphatic carbocycles. The first-order valence-corrected chi connectivity index (χ1v) is 10.5. The lowest BCUT2D eigenvalue weighted by molar-refractivity contribution is -0.118. The van der Waals surface area contributed by atoms with Gasteiger partial charge in [0.1, 0.15) is 10.6 Å². The van der Waals surface area contributed by atoms with E-state index in [-0.39, 0.29) is 22.3 Å². The van der Waals surface area contributed by atoms with E-state index in [1.54, 1.807) is 38.1 Å². The first kappa shape index (κ1) is 21.5. The molecule has 146 valence electrons. The molecule has 1 N–H and O–H groups in total. The Bertz CT molecular complexity index is 915. The summed E-state index contributed by atoms with van der Waals surface area (Å²) >= 11 is 11.8. The minimum absolute atomic E-state index is 0.0625. The van der Waals surface area contributed by atoms with Crippen LogP contribution >= 0.6 is 23.2 Å². The topological polar surface area (TPSA) is 75.7 Å². The van der Waals surface area contributed by atoms with Crippen molar-refractivity contribution in [1.82, 2.24) is 4.31 Å². The summed E-state index contributed by atoms with van der Waals surface area (Å²) in [6.45, 7) is 3.73. The van der Waals surface area contributed by atoms with Crippen LogP contribution in [0.3, 0.4) is 0 Å². The zero-order valence-electron chi connectivity index (χ0n) is 14.9. The number of benzene rings is 2. The Balaban J connectivity index is 2.18. The van der Waals surface area contributed by atoms with Gasteiger partial charge in [0, 0.05) is 28.8 Å². The van der Waals surface area contributed by atoms with Crippen molar-refractivity contribution in [1.29, 1.82) is 0 Å². The number of halogens is 2. The molecule has 0 unspecified atom stereocenters. The third-order valence-electron chi connectivity index (χ3n) is 3.70. The molecule has 0 saturated heterocycles. The number of rotatable bonds is 8. The van der Waals surface area contributed by atoms with Gasteiger partial charge in [-0.05, 0) is 36.4 Å². The van der Waals surface area contributed by atoms with Crippen molar-refractivity contribution >= 4 is 44.8 Å². The molecule has 0 aliphatic heterocycles. The molecule has 2 rings (SSSR count). The monoisotopic (exact) mass is 430 g/mol. The molecule has 2 aromatic rings. The zero-order chi connectivity index (χ0) is 20.0. The number of ether oxygens (including phenoxy) is 1. The van der Waals surface area contributed by atoms with Gasteiger partial charge in [-0.25, -0.2) is 8.42 Å². The maximum atomic E-state index is 12.8. The summed E-state index contributed by atoms with van der Waals surface area (Å²) in [4.78, 5) is 12.0. The summed E-state index contributed by atoms with van der Waals surface area (Å²) in [6.07, 6.45) is 0. The highest BCUT2D eigenvalue weighted by Crippen LogP contribution is 2.30. The molecule has 9 heteroatoms. The lowest BCUT2D eigenvalue weighted by atomic mass is 10.3. The molecule has 0 bridgehead atoms. The highest BCUT2D eigenvalue weighted by molar-refractivity contribution is 7.89. The van der Waals surface area contributed by atoms with Gasteiger partial charge in [0.2, 0.25) is 10.0 Å². The Hall–Kier alpha value is -1.80. The highest BCUT2D eigenvalue weighted by Gasteiger charge is 2.26. The highest BCUT2D eigenvalue weighted by atomic mass is 35.5. The number of nitrogens with one attached hydrogen (secondary N) is 1. The van der Waals surface area contributed by atoms with Crippen LogP contribution < -0.4 is 10.1 Å².